The van der Waals surface area contributed by atoms with Gasteiger partial charge in [0.1, 0.15) is 0 Å². The number of hydrogen-bond donors (Lipinski definition) is 1. The second-order valence-electron chi connectivity index (χ2n) is 3.27. The molecule has 0 bridgehead atoms. The van der Waals surface area contributed by atoms with Crippen LogP contribution >= 0.6 is 0 Å². The van der Waals surface area contributed by atoms with Crippen molar-refractivity contribution in [2.45, 2.75) is 58.3 Å². The van der Waals surface area contributed by atoms with Crippen LogP contribution < -0.4 is 0 Å². The number of carboxylic acid groups (broad SMARTS) is 1. The molecule has 0 radical (unpaired) electrons. The number of aliphatic carboxylic acids is 1. The molecular formula is C10H22CaO2. The van der Waals surface area contributed by atoms with Crippen molar-refractivity contribution in [3.63, 3.8) is 0 Å². The van der Waals surface area contributed by atoms with E-state index in [0.717, 1.165) is 12.8 Å². The SMILES string of the molecule is CCCCCCCCCC(=O)O.[CaH2]. The number of rotatable bonds is 8. The van der Waals surface area contributed by atoms with Crippen LogP contribution in [0.4, 0.5) is 0 Å². The summed E-state index contributed by atoms with van der Waals surface area (Å²) in [4.78, 5) is 10.1. The van der Waals surface area contributed by atoms with Crippen molar-refractivity contribution in [2.24, 2.45) is 0 Å². The first-order valence-electron chi connectivity index (χ1n) is 4.99. The molecule has 0 rings (SSSR count). The van der Waals surface area contributed by atoms with Gasteiger partial charge in [-0.05, 0) is 6.42 Å². The zero-order valence-electron chi connectivity index (χ0n) is 8.01. The summed E-state index contributed by atoms with van der Waals surface area (Å²) in [6, 6.07) is 0. The van der Waals surface area contributed by atoms with Gasteiger partial charge in [-0.15, -0.1) is 0 Å². The fourth-order valence-electron chi connectivity index (χ4n) is 1.23. The average molecular weight is 214 g/mol. The van der Waals surface area contributed by atoms with Crippen LogP contribution in [0, 0.1) is 0 Å². The van der Waals surface area contributed by atoms with Crippen molar-refractivity contribution in [1.29, 1.82) is 0 Å². The molecular weight excluding hydrogens is 192 g/mol. The molecule has 2 nitrogen and oxygen atoms in total. The number of carboxylic acids is 1. The van der Waals surface area contributed by atoms with E-state index >= 15 is 0 Å². The van der Waals surface area contributed by atoms with E-state index in [0.29, 0.717) is 6.42 Å². The van der Waals surface area contributed by atoms with Gasteiger partial charge in [-0.1, -0.05) is 45.4 Å². The number of unbranched alkanes of at least 4 members (excludes halogenated alkanes) is 6. The first kappa shape index (κ1) is 16.2. The summed E-state index contributed by atoms with van der Waals surface area (Å²) in [5.74, 6) is -0.663. The molecule has 0 aromatic rings. The van der Waals surface area contributed by atoms with Crippen LogP contribution in [0.1, 0.15) is 58.3 Å². The molecule has 0 atom stereocenters. The molecule has 0 heterocycles. The van der Waals surface area contributed by atoms with E-state index in [4.69, 9.17) is 5.11 Å². The van der Waals surface area contributed by atoms with Gasteiger partial charge in [0.15, 0.2) is 0 Å². The summed E-state index contributed by atoms with van der Waals surface area (Å²) < 4.78 is 0. The Hall–Kier alpha value is 0.730. The van der Waals surface area contributed by atoms with Gasteiger partial charge in [0, 0.05) is 6.42 Å². The summed E-state index contributed by atoms with van der Waals surface area (Å²) in [6.45, 7) is 2.20. The third-order valence-electron chi connectivity index (χ3n) is 1.99. The van der Waals surface area contributed by atoms with Gasteiger partial charge in [0.2, 0.25) is 0 Å². The third-order valence-corrected chi connectivity index (χ3v) is 1.99. The quantitative estimate of drug-likeness (QED) is 0.497. The van der Waals surface area contributed by atoms with Gasteiger partial charge < -0.3 is 5.11 Å². The number of carbonyl (C=O) groups is 1. The molecule has 0 aromatic heterocycles. The van der Waals surface area contributed by atoms with Crippen LogP contribution in [0.25, 0.3) is 0 Å². The van der Waals surface area contributed by atoms with E-state index < -0.39 is 5.97 Å². The van der Waals surface area contributed by atoms with E-state index in [1.54, 1.807) is 0 Å². The van der Waals surface area contributed by atoms with Crippen molar-refractivity contribution in [2.75, 3.05) is 0 Å². The molecule has 0 spiro atoms. The first-order valence-corrected chi connectivity index (χ1v) is 4.99. The Kier molecular flexibility index (Phi) is 15.8. The molecule has 0 aliphatic heterocycles. The Morgan fingerprint density at radius 1 is 1.00 bits per heavy atom. The summed E-state index contributed by atoms with van der Waals surface area (Å²) in [5, 5.41) is 8.35. The van der Waals surface area contributed by atoms with Gasteiger partial charge >= 0.3 is 43.7 Å². The van der Waals surface area contributed by atoms with Crippen molar-refractivity contribution in [3.05, 3.63) is 0 Å². The molecule has 0 aromatic carbocycles. The van der Waals surface area contributed by atoms with Gasteiger partial charge in [-0.2, -0.15) is 0 Å². The standard InChI is InChI=1S/C10H20O2.Ca.2H/c1-2-3-4-5-6-7-8-9-10(11)12;;;/h2-9H2,1H3,(H,11,12);;;. The molecule has 3 heteroatoms. The van der Waals surface area contributed by atoms with Crippen molar-refractivity contribution in [3.8, 4) is 0 Å². The third kappa shape index (κ3) is 15.5. The Morgan fingerprint density at radius 2 is 1.46 bits per heavy atom. The van der Waals surface area contributed by atoms with Crippen LogP contribution in [0.15, 0.2) is 0 Å². The van der Waals surface area contributed by atoms with Crippen molar-refractivity contribution >= 4 is 43.7 Å². The molecule has 0 amide bonds. The summed E-state index contributed by atoms with van der Waals surface area (Å²) in [6.07, 6.45) is 8.64. The molecule has 0 saturated heterocycles. The van der Waals surface area contributed by atoms with Gasteiger partial charge in [-0.3, -0.25) is 4.79 Å². The van der Waals surface area contributed by atoms with E-state index in [9.17, 15) is 4.79 Å². The molecule has 1 N–H and O–H groups in total. The second kappa shape index (κ2) is 12.7. The Labute approximate surface area is 111 Å². The van der Waals surface area contributed by atoms with E-state index in [1.807, 2.05) is 0 Å². The molecule has 0 unspecified atom stereocenters. The molecule has 13 heavy (non-hydrogen) atoms. The van der Waals surface area contributed by atoms with Gasteiger partial charge in [-0.25, -0.2) is 0 Å². The number of hydrogen-bond acceptors (Lipinski definition) is 1. The predicted octanol–water partition coefficient (Wildman–Crippen LogP) is 2.30. The van der Waals surface area contributed by atoms with E-state index in [-0.39, 0.29) is 37.7 Å². The summed E-state index contributed by atoms with van der Waals surface area (Å²) in [5.41, 5.74) is 0. The summed E-state index contributed by atoms with van der Waals surface area (Å²) in [7, 11) is 0. The minimum absolute atomic E-state index is 0. The predicted molar refractivity (Wildman–Crippen MR) is 58.8 cm³/mol. The normalized spacial score (nSPS) is 9.31. The van der Waals surface area contributed by atoms with Crippen molar-refractivity contribution in [1.82, 2.24) is 0 Å². The van der Waals surface area contributed by atoms with Crippen LogP contribution in [0.3, 0.4) is 0 Å². The Balaban J connectivity index is 0. The molecule has 0 aliphatic rings. The van der Waals surface area contributed by atoms with Crippen LogP contribution in [-0.2, 0) is 4.79 Å². The van der Waals surface area contributed by atoms with Crippen LogP contribution in [-0.4, -0.2) is 48.8 Å². The van der Waals surface area contributed by atoms with Gasteiger partial charge in [0.05, 0.1) is 0 Å². The van der Waals surface area contributed by atoms with Crippen molar-refractivity contribution < 1.29 is 9.90 Å². The Bertz CT molecular complexity index is 115. The van der Waals surface area contributed by atoms with Crippen LogP contribution in [0.2, 0.25) is 0 Å². The topological polar surface area (TPSA) is 37.3 Å². The average Bonchev–Trinajstić information content (AvgIpc) is 2.02. The maximum absolute atomic E-state index is 10.1. The fourth-order valence-corrected chi connectivity index (χ4v) is 1.23. The summed E-state index contributed by atoms with van der Waals surface area (Å²) >= 11 is 0. The molecule has 76 valence electrons. The van der Waals surface area contributed by atoms with E-state index in [1.165, 1.54) is 32.1 Å². The fraction of sp³-hybridized carbons (Fsp3) is 0.900. The molecule has 0 saturated carbocycles. The van der Waals surface area contributed by atoms with Gasteiger partial charge in [0.25, 0.3) is 0 Å². The van der Waals surface area contributed by atoms with E-state index in [2.05, 4.69) is 6.92 Å². The first-order chi connectivity index (χ1) is 5.77. The second-order valence-corrected chi connectivity index (χ2v) is 3.27. The zero-order valence-corrected chi connectivity index (χ0v) is 8.01. The molecule has 0 fully saturated rings. The van der Waals surface area contributed by atoms with Crippen LogP contribution in [0.5, 0.6) is 0 Å². The minimum atomic E-state index is -0.663. The Morgan fingerprint density at radius 3 is 1.92 bits per heavy atom. The maximum atomic E-state index is 10.1. The molecule has 0 aliphatic carbocycles. The zero-order chi connectivity index (χ0) is 9.23. The monoisotopic (exact) mass is 214 g/mol.